The number of carbonyl (C=O) groups is 1. The van der Waals surface area contributed by atoms with E-state index in [9.17, 15) is 9.59 Å². The van der Waals surface area contributed by atoms with Crippen molar-refractivity contribution in [2.45, 2.75) is 49.6 Å². The van der Waals surface area contributed by atoms with E-state index in [1.807, 2.05) is 55.5 Å². The summed E-state index contributed by atoms with van der Waals surface area (Å²) < 4.78 is 1.77. The van der Waals surface area contributed by atoms with E-state index >= 15 is 0 Å². The van der Waals surface area contributed by atoms with Gasteiger partial charge in [-0.2, -0.15) is 0 Å². The van der Waals surface area contributed by atoms with Crippen molar-refractivity contribution in [2.24, 2.45) is 0 Å². The second-order valence-corrected chi connectivity index (χ2v) is 8.43. The van der Waals surface area contributed by atoms with Crippen LogP contribution >= 0.6 is 11.8 Å². The molecule has 5 nitrogen and oxygen atoms in total. The van der Waals surface area contributed by atoms with Crippen molar-refractivity contribution in [1.29, 1.82) is 0 Å². The molecule has 2 aromatic carbocycles. The van der Waals surface area contributed by atoms with Crippen molar-refractivity contribution in [3.63, 3.8) is 0 Å². The van der Waals surface area contributed by atoms with E-state index in [-0.39, 0.29) is 22.8 Å². The molecule has 1 fully saturated rings. The van der Waals surface area contributed by atoms with E-state index in [2.05, 4.69) is 12.2 Å². The molecule has 0 spiro atoms. The first kappa shape index (κ1) is 18.7. The quantitative estimate of drug-likeness (QED) is 0.498. The van der Waals surface area contributed by atoms with Crippen LogP contribution < -0.4 is 10.9 Å². The number of aromatic nitrogens is 2. The Balaban J connectivity index is 1.57. The molecule has 144 valence electrons. The number of fused-ring (bicyclic) bond motifs is 1. The first-order chi connectivity index (χ1) is 13.6. The predicted octanol–water partition coefficient (Wildman–Crippen LogP) is 4.41. The number of aryl methyl sites for hydroxylation is 1. The van der Waals surface area contributed by atoms with Crippen LogP contribution in [0.1, 0.15) is 38.3 Å². The molecule has 1 amide bonds. The number of benzene rings is 2. The van der Waals surface area contributed by atoms with E-state index in [0.717, 1.165) is 24.9 Å². The summed E-state index contributed by atoms with van der Waals surface area (Å²) in [6.45, 7) is 3.95. The van der Waals surface area contributed by atoms with E-state index in [4.69, 9.17) is 4.98 Å². The van der Waals surface area contributed by atoms with Gasteiger partial charge in [0.15, 0.2) is 5.16 Å². The highest BCUT2D eigenvalue weighted by Crippen LogP contribution is 2.37. The molecule has 1 aliphatic rings. The molecule has 1 N–H and O–H groups in total. The number of rotatable bonds is 6. The van der Waals surface area contributed by atoms with Crippen LogP contribution in [0, 0.1) is 0 Å². The lowest BCUT2D eigenvalue weighted by molar-refractivity contribution is -0.115. The van der Waals surface area contributed by atoms with Gasteiger partial charge in [0.05, 0.1) is 16.2 Å². The third-order valence-corrected chi connectivity index (χ3v) is 6.04. The summed E-state index contributed by atoms with van der Waals surface area (Å²) in [6.07, 6.45) is 2.93. The van der Waals surface area contributed by atoms with Gasteiger partial charge >= 0.3 is 0 Å². The van der Waals surface area contributed by atoms with Crippen molar-refractivity contribution in [3.05, 3.63) is 64.4 Å². The summed E-state index contributed by atoms with van der Waals surface area (Å²) in [5, 5.41) is 3.83. The van der Waals surface area contributed by atoms with Gasteiger partial charge in [-0.25, -0.2) is 4.98 Å². The van der Waals surface area contributed by atoms with Gasteiger partial charge in [-0.15, -0.1) is 0 Å². The average molecular weight is 394 g/mol. The Morgan fingerprint density at radius 3 is 2.61 bits per heavy atom. The number of para-hydroxylation sites is 1. The fourth-order valence-electron chi connectivity index (χ4n) is 3.14. The Hall–Kier alpha value is -2.60. The second kappa shape index (κ2) is 7.80. The number of nitrogens with zero attached hydrogens (tertiary/aromatic N) is 2. The standard InChI is InChI=1S/C22H23N3O2S/c1-3-15-8-10-16(11-9-15)23-20(26)14(2)28-22-24-19-7-5-4-6-18(19)21(27)25(22)17-12-13-17/h4-11,14,17H,3,12-13H2,1-2H3,(H,23,26)/t14-/m1/s1. The first-order valence-corrected chi connectivity index (χ1v) is 10.5. The van der Waals surface area contributed by atoms with Gasteiger partial charge < -0.3 is 5.32 Å². The summed E-state index contributed by atoms with van der Waals surface area (Å²) >= 11 is 1.34. The molecule has 1 aliphatic carbocycles. The minimum Gasteiger partial charge on any atom is -0.325 e. The van der Waals surface area contributed by atoms with E-state index in [0.29, 0.717) is 16.1 Å². The number of carbonyl (C=O) groups excluding carboxylic acids is 1. The molecule has 0 saturated heterocycles. The van der Waals surface area contributed by atoms with Gasteiger partial charge in [-0.1, -0.05) is 43.0 Å². The van der Waals surface area contributed by atoms with E-state index in [1.54, 1.807) is 4.57 Å². The highest BCUT2D eigenvalue weighted by molar-refractivity contribution is 8.00. The molecular formula is C22H23N3O2S. The number of thioether (sulfide) groups is 1. The number of anilines is 1. The number of hydrogen-bond donors (Lipinski definition) is 1. The van der Waals surface area contributed by atoms with Gasteiger partial charge in [0.2, 0.25) is 5.91 Å². The summed E-state index contributed by atoms with van der Waals surface area (Å²) in [5.74, 6) is -0.0981. The maximum absolute atomic E-state index is 12.9. The van der Waals surface area contributed by atoms with Gasteiger partial charge in [0.25, 0.3) is 5.56 Å². The second-order valence-electron chi connectivity index (χ2n) is 7.12. The summed E-state index contributed by atoms with van der Waals surface area (Å²) in [4.78, 5) is 30.3. The van der Waals surface area contributed by atoms with Gasteiger partial charge in [0, 0.05) is 11.7 Å². The molecule has 1 atom stereocenters. The highest BCUT2D eigenvalue weighted by Gasteiger charge is 2.30. The molecule has 1 aromatic heterocycles. The Labute approximate surface area is 168 Å². The van der Waals surface area contributed by atoms with Gasteiger partial charge in [-0.3, -0.25) is 14.2 Å². The maximum Gasteiger partial charge on any atom is 0.262 e. The van der Waals surface area contributed by atoms with Crippen LogP contribution in [0.4, 0.5) is 5.69 Å². The van der Waals surface area contributed by atoms with Crippen LogP contribution in [0.25, 0.3) is 10.9 Å². The molecule has 0 unspecified atom stereocenters. The summed E-state index contributed by atoms with van der Waals surface area (Å²) in [6, 6.07) is 15.5. The molecule has 1 saturated carbocycles. The molecule has 4 rings (SSSR count). The topological polar surface area (TPSA) is 64.0 Å². The zero-order chi connectivity index (χ0) is 19.7. The Kier molecular flexibility index (Phi) is 5.22. The van der Waals surface area contributed by atoms with Crippen LogP contribution in [0.3, 0.4) is 0 Å². The molecule has 0 aliphatic heterocycles. The summed E-state index contributed by atoms with van der Waals surface area (Å²) in [5.41, 5.74) is 2.67. The predicted molar refractivity (Wildman–Crippen MR) is 114 cm³/mol. The van der Waals surface area contributed by atoms with Crippen LogP contribution in [-0.2, 0) is 11.2 Å². The first-order valence-electron chi connectivity index (χ1n) is 9.64. The van der Waals surface area contributed by atoms with E-state index < -0.39 is 0 Å². The average Bonchev–Trinajstić information content (AvgIpc) is 3.53. The zero-order valence-corrected chi connectivity index (χ0v) is 16.8. The molecule has 1 heterocycles. The molecule has 0 bridgehead atoms. The van der Waals surface area contributed by atoms with Crippen molar-refractivity contribution in [3.8, 4) is 0 Å². The van der Waals surface area contributed by atoms with Crippen LogP contribution in [0.15, 0.2) is 58.5 Å². The molecule has 6 heteroatoms. The molecular weight excluding hydrogens is 370 g/mol. The molecule has 3 aromatic rings. The Bertz CT molecular complexity index is 1070. The van der Waals surface area contributed by atoms with Crippen LogP contribution in [0.2, 0.25) is 0 Å². The summed E-state index contributed by atoms with van der Waals surface area (Å²) in [7, 11) is 0. The van der Waals surface area contributed by atoms with Crippen molar-refractivity contribution >= 4 is 34.3 Å². The smallest absolute Gasteiger partial charge is 0.262 e. The highest BCUT2D eigenvalue weighted by atomic mass is 32.2. The van der Waals surface area contributed by atoms with Crippen LogP contribution in [0.5, 0.6) is 0 Å². The number of nitrogens with one attached hydrogen (secondary N) is 1. The van der Waals surface area contributed by atoms with Crippen molar-refractivity contribution < 1.29 is 4.79 Å². The van der Waals surface area contributed by atoms with Gasteiger partial charge in [-0.05, 0) is 56.0 Å². The Morgan fingerprint density at radius 2 is 1.93 bits per heavy atom. The van der Waals surface area contributed by atoms with Gasteiger partial charge in [0.1, 0.15) is 0 Å². The largest absolute Gasteiger partial charge is 0.325 e. The normalized spacial score (nSPS) is 14.8. The van der Waals surface area contributed by atoms with Crippen LogP contribution in [-0.4, -0.2) is 20.7 Å². The third kappa shape index (κ3) is 3.83. The lowest BCUT2D eigenvalue weighted by Gasteiger charge is -2.16. The number of amides is 1. The lowest BCUT2D eigenvalue weighted by atomic mass is 10.1. The zero-order valence-electron chi connectivity index (χ0n) is 16.0. The fraction of sp³-hybridized carbons (Fsp3) is 0.318. The number of hydrogen-bond acceptors (Lipinski definition) is 4. The fourth-order valence-corrected chi connectivity index (χ4v) is 4.12. The molecule has 28 heavy (non-hydrogen) atoms. The van der Waals surface area contributed by atoms with E-state index in [1.165, 1.54) is 17.3 Å². The lowest BCUT2D eigenvalue weighted by Crippen LogP contribution is -2.26. The minimum absolute atomic E-state index is 0.0154. The molecule has 0 radical (unpaired) electrons. The maximum atomic E-state index is 12.9. The van der Waals surface area contributed by atoms with Crippen molar-refractivity contribution in [2.75, 3.05) is 5.32 Å². The third-order valence-electron chi connectivity index (χ3n) is 4.97. The minimum atomic E-state index is -0.371. The van der Waals surface area contributed by atoms with Crippen molar-refractivity contribution in [1.82, 2.24) is 9.55 Å². The SMILES string of the molecule is CCc1ccc(NC(=O)[C@@H](C)Sc2nc3ccccc3c(=O)n2C2CC2)cc1. The Morgan fingerprint density at radius 1 is 1.21 bits per heavy atom. The monoisotopic (exact) mass is 393 g/mol.